The number of carbonyl (C=O) groups excluding carboxylic acids is 5. The Kier molecular flexibility index (Phi) is 13.2. The van der Waals surface area contributed by atoms with Gasteiger partial charge in [-0.25, -0.2) is 17.5 Å². The Bertz CT molecular complexity index is 1580. The largest absolute Gasteiger partial charge is 0.350 e. The van der Waals surface area contributed by atoms with Crippen LogP contribution in [0.2, 0.25) is 0 Å². The number of hydrogen-bond acceptors (Lipinski definition) is 7. The van der Waals surface area contributed by atoms with Gasteiger partial charge in [-0.3, -0.25) is 19.2 Å². The predicted octanol–water partition coefficient (Wildman–Crippen LogP) is 2.48. The van der Waals surface area contributed by atoms with Gasteiger partial charge in [0.25, 0.3) is 5.91 Å². The minimum atomic E-state index is -3.52. The number of piperidine rings is 1. The molecule has 14 heteroatoms. The molecule has 0 bridgehead atoms. The first kappa shape index (κ1) is 41.2. The summed E-state index contributed by atoms with van der Waals surface area (Å²) in [7, 11) is -2.06. The smallest absolute Gasteiger partial charge is 0.315 e. The lowest BCUT2D eigenvalue weighted by Gasteiger charge is -2.36. The lowest BCUT2D eigenvalue weighted by Crippen LogP contribution is -2.61. The zero-order valence-corrected chi connectivity index (χ0v) is 33.1. The number of unbranched alkanes of at least 4 members (excludes halogenated alkanes) is 1. The van der Waals surface area contributed by atoms with Crippen molar-refractivity contribution < 1.29 is 32.4 Å². The van der Waals surface area contributed by atoms with E-state index in [0.717, 1.165) is 23.8 Å². The molecule has 1 saturated heterocycles. The molecule has 0 spiro atoms. The first-order chi connectivity index (χ1) is 24.3. The standard InChI is InChI=1S/C38H60N6O7S/c1-10-12-17-27(33(45)35(47)39-11-2)40-34(46)32-30-26(29(30)22(3)4)20-44(32)36(48)31(25-18-23-15-13-14-16-24(23)19-25)42-37(49)41-28(38(5,6)7)21-43(8)52(9,50)51/h13-16,22,25-32H,10-12,17-21H2,1-9H3,(H,39,47)(H,40,46)(H2,41,42,49)/t26?,27?,28-,29-,30-,31+,32+/m1/s1. The number of fused-ring (bicyclic) bond motifs is 2. The summed E-state index contributed by atoms with van der Waals surface area (Å²) in [6.45, 7) is 14.3. The summed E-state index contributed by atoms with van der Waals surface area (Å²) < 4.78 is 25.7. The first-order valence-electron chi connectivity index (χ1n) is 18.8. The van der Waals surface area contributed by atoms with Gasteiger partial charge in [-0.15, -0.1) is 0 Å². The number of rotatable bonds is 16. The van der Waals surface area contributed by atoms with Crippen molar-refractivity contribution in [2.45, 2.75) is 105 Å². The van der Waals surface area contributed by atoms with Gasteiger partial charge in [0.05, 0.1) is 12.3 Å². The number of benzene rings is 1. The molecular weight excluding hydrogens is 685 g/mol. The molecule has 1 aromatic carbocycles. The summed E-state index contributed by atoms with van der Waals surface area (Å²) >= 11 is 0. The Morgan fingerprint density at radius 1 is 0.981 bits per heavy atom. The SMILES string of the molecule is CCCCC(NC(=O)[C@@H]1[C@@H]2C(CN1C(=O)[C@@H](NC(=O)N[C@H](CN(C)S(C)(=O)=O)C(C)(C)C)C1Cc3ccccc3C1)[C@H]2C(C)C)C(=O)C(=O)NCC. The van der Waals surface area contributed by atoms with Crippen LogP contribution in [0.5, 0.6) is 0 Å². The fraction of sp³-hybridized carbons (Fsp3) is 0.711. The average molecular weight is 745 g/mol. The van der Waals surface area contributed by atoms with E-state index in [9.17, 15) is 32.4 Å². The van der Waals surface area contributed by atoms with Crippen LogP contribution in [0.4, 0.5) is 4.79 Å². The van der Waals surface area contributed by atoms with Crippen LogP contribution in [0.3, 0.4) is 0 Å². The van der Waals surface area contributed by atoms with Crippen LogP contribution in [0, 0.1) is 35.0 Å². The van der Waals surface area contributed by atoms with Crippen LogP contribution in [-0.2, 0) is 42.0 Å². The number of nitrogens with zero attached hydrogens (tertiary/aromatic N) is 2. The quantitative estimate of drug-likeness (QED) is 0.188. The highest BCUT2D eigenvalue weighted by molar-refractivity contribution is 7.88. The van der Waals surface area contributed by atoms with Crippen molar-refractivity contribution in [1.82, 2.24) is 30.5 Å². The summed E-state index contributed by atoms with van der Waals surface area (Å²) in [5, 5.41) is 11.3. The Balaban J connectivity index is 1.63. The van der Waals surface area contributed by atoms with Gasteiger partial charge < -0.3 is 26.2 Å². The highest BCUT2D eigenvalue weighted by Crippen LogP contribution is 2.59. The molecule has 1 aromatic rings. The molecule has 4 rings (SSSR count). The molecule has 3 aliphatic rings. The van der Waals surface area contributed by atoms with Crippen molar-refractivity contribution in [2.75, 3.05) is 32.9 Å². The number of hydrogen-bond donors (Lipinski definition) is 4. The van der Waals surface area contributed by atoms with Crippen LogP contribution in [0.25, 0.3) is 0 Å². The number of nitrogens with one attached hydrogen (secondary N) is 4. The van der Waals surface area contributed by atoms with E-state index in [2.05, 4.69) is 35.1 Å². The number of sulfonamides is 1. The maximum absolute atomic E-state index is 14.8. The van der Waals surface area contributed by atoms with E-state index in [1.54, 1.807) is 11.8 Å². The third-order valence-corrected chi connectivity index (χ3v) is 12.5. The topological polar surface area (TPSA) is 174 Å². The Labute approximate surface area is 309 Å². The van der Waals surface area contributed by atoms with Gasteiger partial charge in [0.15, 0.2) is 0 Å². The van der Waals surface area contributed by atoms with Crippen molar-refractivity contribution in [2.24, 2.45) is 35.0 Å². The van der Waals surface area contributed by atoms with E-state index >= 15 is 0 Å². The number of likely N-dealkylation sites (N-methyl/N-ethyl adjacent to an activating group) is 2. The maximum Gasteiger partial charge on any atom is 0.315 e. The van der Waals surface area contributed by atoms with Gasteiger partial charge >= 0.3 is 6.03 Å². The number of amides is 5. The molecule has 2 unspecified atom stereocenters. The zero-order chi connectivity index (χ0) is 38.7. The molecular formula is C38H60N6O7S. The number of carbonyl (C=O) groups is 5. The highest BCUT2D eigenvalue weighted by Gasteiger charge is 2.65. The van der Waals surface area contributed by atoms with Crippen molar-refractivity contribution in [3.8, 4) is 0 Å². The molecule has 1 aliphatic heterocycles. The van der Waals surface area contributed by atoms with Crippen LogP contribution >= 0.6 is 0 Å². The first-order valence-corrected chi connectivity index (χ1v) is 20.6. The van der Waals surface area contributed by atoms with Crippen molar-refractivity contribution in [1.29, 1.82) is 0 Å². The van der Waals surface area contributed by atoms with E-state index < -0.39 is 63.2 Å². The van der Waals surface area contributed by atoms with E-state index in [1.165, 1.54) is 11.4 Å². The molecule has 1 heterocycles. The van der Waals surface area contributed by atoms with Crippen LogP contribution in [0.1, 0.15) is 78.9 Å². The molecule has 0 aromatic heterocycles. The minimum Gasteiger partial charge on any atom is -0.350 e. The molecule has 7 atom stereocenters. The second kappa shape index (κ2) is 16.7. The fourth-order valence-corrected chi connectivity index (χ4v) is 8.56. The summed E-state index contributed by atoms with van der Waals surface area (Å²) in [6, 6.07) is 3.87. The third kappa shape index (κ3) is 9.52. The van der Waals surface area contributed by atoms with E-state index in [4.69, 9.17) is 0 Å². The Morgan fingerprint density at radius 3 is 2.12 bits per heavy atom. The van der Waals surface area contributed by atoms with Crippen molar-refractivity contribution in [3.63, 3.8) is 0 Å². The molecule has 0 radical (unpaired) electrons. The molecule has 2 fully saturated rings. The Hall–Kier alpha value is -3.52. The van der Waals surface area contributed by atoms with Crippen molar-refractivity contribution >= 4 is 39.6 Å². The second-order valence-electron chi connectivity index (χ2n) is 16.4. The molecule has 13 nitrogen and oxygen atoms in total. The van der Waals surface area contributed by atoms with Gasteiger partial charge in [-0.2, -0.15) is 0 Å². The number of likely N-dealkylation sites (tertiary alicyclic amines) is 1. The maximum atomic E-state index is 14.8. The van der Waals surface area contributed by atoms with Gasteiger partial charge in [0.1, 0.15) is 12.1 Å². The summed E-state index contributed by atoms with van der Waals surface area (Å²) in [6.07, 6.45) is 3.91. The van der Waals surface area contributed by atoms with Gasteiger partial charge in [-0.1, -0.05) is 78.6 Å². The van der Waals surface area contributed by atoms with Gasteiger partial charge in [-0.05, 0) is 72.3 Å². The summed E-state index contributed by atoms with van der Waals surface area (Å²) in [5.74, 6) is -2.09. The molecule has 52 heavy (non-hydrogen) atoms. The second-order valence-corrected chi connectivity index (χ2v) is 18.5. The number of Topliss-reactive ketones (excluding diaryl/α,β-unsaturated/α-hetero) is 1. The molecule has 2 aliphatic carbocycles. The molecule has 5 amide bonds. The van der Waals surface area contributed by atoms with Gasteiger partial charge in [0, 0.05) is 32.7 Å². The summed E-state index contributed by atoms with van der Waals surface area (Å²) in [4.78, 5) is 70.3. The lowest BCUT2D eigenvalue weighted by molar-refractivity contribution is -0.144. The monoisotopic (exact) mass is 744 g/mol. The molecule has 290 valence electrons. The average Bonchev–Trinajstić information content (AvgIpc) is 3.39. The lowest BCUT2D eigenvalue weighted by atomic mass is 9.86. The van der Waals surface area contributed by atoms with Crippen LogP contribution < -0.4 is 21.3 Å². The van der Waals surface area contributed by atoms with E-state index in [0.29, 0.717) is 32.2 Å². The zero-order valence-electron chi connectivity index (χ0n) is 32.3. The summed E-state index contributed by atoms with van der Waals surface area (Å²) in [5.41, 5.74) is 1.66. The number of ketones is 1. The van der Waals surface area contributed by atoms with Crippen LogP contribution in [0.15, 0.2) is 24.3 Å². The fourth-order valence-electron chi connectivity index (χ4n) is 8.15. The predicted molar refractivity (Wildman–Crippen MR) is 199 cm³/mol. The Morgan fingerprint density at radius 2 is 1.60 bits per heavy atom. The molecule has 4 N–H and O–H groups in total. The van der Waals surface area contributed by atoms with E-state index in [1.807, 2.05) is 52.0 Å². The van der Waals surface area contributed by atoms with Gasteiger partial charge in [0.2, 0.25) is 27.6 Å². The van der Waals surface area contributed by atoms with Crippen molar-refractivity contribution in [3.05, 3.63) is 35.4 Å². The normalized spacial score (nSPS) is 23.0. The van der Waals surface area contributed by atoms with Crippen LogP contribution in [-0.4, -0.2) is 104 Å². The van der Waals surface area contributed by atoms with E-state index in [-0.39, 0.29) is 48.6 Å². The third-order valence-electron chi connectivity index (χ3n) is 11.2. The minimum absolute atomic E-state index is 0.0335. The highest BCUT2D eigenvalue weighted by atomic mass is 32.2. The molecule has 1 saturated carbocycles. The number of urea groups is 1.